The van der Waals surface area contributed by atoms with Crippen molar-refractivity contribution in [1.82, 2.24) is 15.5 Å². The Balaban J connectivity index is 0.00000423. The van der Waals surface area contributed by atoms with Crippen LogP contribution in [0.1, 0.15) is 58.1 Å². The Morgan fingerprint density at radius 3 is 2.33 bits per heavy atom. The van der Waals surface area contributed by atoms with Crippen molar-refractivity contribution in [2.24, 2.45) is 0 Å². The van der Waals surface area contributed by atoms with E-state index in [1.807, 2.05) is 13.1 Å². The summed E-state index contributed by atoms with van der Waals surface area (Å²) < 4.78 is 18.6. The molecule has 0 aromatic heterocycles. The number of piperidine rings is 1. The van der Waals surface area contributed by atoms with Crippen molar-refractivity contribution in [1.29, 1.82) is 0 Å². The molecule has 0 unspecified atom stereocenters. The van der Waals surface area contributed by atoms with Gasteiger partial charge in [0, 0.05) is 25.1 Å². The van der Waals surface area contributed by atoms with E-state index in [0.29, 0.717) is 19.4 Å². The van der Waals surface area contributed by atoms with Gasteiger partial charge in [-0.05, 0) is 58.0 Å². The first kappa shape index (κ1) is 32.2. The van der Waals surface area contributed by atoms with E-state index in [2.05, 4.69) is 15.5 Å². The third-order valence-corrected chi connectivity index (χ3v) is 8.86. The molecule has 236 valence electrons. The molecule has 5 rings (SSSR count). The van der Waals surface area contributed by atoms with Crippen molar-refractivity contribution < 1.29 is 48.7 Å². The monoisotopic (exact) mass is 603 g/mol. The molecule has 1 spiro atoms. The highest BCUT2D eigenvalue weighted by Crippen LogP contribution is 2.66. The predicted octanol–water partition coefficient (Wildman–Crippen LogP) is 0.174. The number of esters is 2. The lowest BCUT2D eigenvalue weighted by molar-refractivity contribution is -0.206. The number of phenolic OH excluding ortho intramolecular Hbond substituents is 1. The molecule has 0 saturated carbocycles. The number of aliphatic hydroxyl groups excluding tert-OH is 2. The summed E-state index contributed by atoms with van der Waals surface area (Å²) in [5, 5.41) is 34.6. The number of phenols is 1. The SMILES string of the molecule is C.C[C@H](O)C(=O)NCCC(=O)OC1=CC[C@@]2(OC(=O)CCNC(=O)[C@H](C)O)[C@H]3Cc4ccc(O)c5c4[C@@]2(CCN3C)[C@H]1O5. The van der Waals surface area contributed by atoms with Crippen LogP contribution in [0.4, 0.5) is 0 Å². The number of benzene rings is 1. The van der Waals surface area contributed by atoms with Gasteiger partial charge < -0.3 is 40.2 Å². The van der Waals surface area contributed by atoms with Gasteiger partial charge in [-0.25, -0.2) is 0 Å². The van der Waals surface area contributed by atoms with Crippen LogP contribution in [0.3, 0.4) is 0 Å². The number of hydrogen-bond acceptors (Lipinski definition) is 11. The summed E-state index contributed by atoms with van der Waals surface area (Å²) in [5.41, 5.74) is -0.387. The summed E-state index contributed by atoms with van der Waals surface area (Å²) in [6, 6.07) is 3.17. The number of nitrogens with zero attached hydrogens (tertiary/aromatic N) is 1. The fourth-order valence-electron chi connectivity index (χ4n) is 6.91. The molecule has 43 heavy (non-hydrogen) atoms. The third kappa shape index (κ3) is 5.34. The number of carbonyl (C=O) groups is 4. The number of carbonyl (C=O) groups excluding carboxylic acids is 4. The van der Waals surface area contributed by atoms with Crippen LogP contribution in [-0.4, -0.2) is 101 Å². The second-order valence-electron chi connectivity index (χ2n) is 11.4. The molecule has 2 amide bonds. The molecular weight excluding hydrogens is 562 g/mol. The summed E-state index contributed by atoms with van der Waals surface area (Å²) in [6.07, 6.45) is -0.630. The Kier molecular flexibility index (Phi) is 9.10. The smallest absolute Gasteiger partial charge is 0.312 e. The van der Waals surface area contributed by atoms with Crippen LogP contribution >= 0.6 is 0 Å². The summed E-state index contributed by atoms with van der Waals surface area (Å²) >= 11 is 0. The van der Waals surface area contributed by atoms with Crippen LogP contribution in [0.2, 0.25) is 0 Å². The van der Waals surface area contributed by atoms with E-state index in [-0.39, 0.29) is 63.1 Å². The van der Waals surface area contributed by atoms with Crippen LogP contribution in [0.25, 0.3) is 0 Å². The highest BCUT2D eigenvalue weighted by molar-refractivity contribution is 5.81. The lowest BCUT2D eigenvalue weighted by atomic mass is 9.50. The third-order valence-electron chi connectivity index (χ3n) is 8.86. The van der Waals surface area contributed by atoms with Gasteiger partial charge in [0.05, 0.1) is 24.3 Å². The normalized spacial score (nSPS) is 27.7. The maximum atomic E-state index is 13.3. The van der Waals surface area contributed by atoms with Crippen molar-refractivity contribution in [3.8, 4) is 11.5 Å². The van der Waals surface area contributed by atoms with Gasteiger partial charge in [-0.15, -0.1) is 0 Å². The largest absolute Gasteiger partial charge is 0.504 e. The van der Waals surface area contributed by atoms with E-state index in [0.717, 1.165) is 11.1 Å². The number of aliphatic hydroxyl groups is 2. The predicted molar refractivity (Wildman–Crippen MR) is 152 cm³/mol. The molecule has 1 aromatic carbocycles. The molecular formula is C30H41N3O10. The van der Waals surface area contributed by atoms with Gasteiger partial charge in [0.15, 0.2) is 17.6 Å². The molecule has 1 saturated heterocycles. The Morgan fingerprint density at radius 2 is 1.70 bits per heavy atom. The highest BCUT2D eigenvalue weighted by atomic mass is 16.6. The number of nitrogens with one attached hydrogen (secondary N) is 2. The zero-order valence-corrected chi connectivity index (χ0v) is 23.8. The van der Waals surface area contributed by atoms with E-state index in [1.54, 1.807) is 12.1 Å². The average molecular weight is 604 g/mol. The minimum Gasteiger partial charge on any atom is -0.504 e. The molecule has 2 aliphatic heterocycles. The number of likely N-dealkylation sites (tertiary alicyclic amines) is 1. The number of rotatable bonds is 10. The average Bonchev–Trinajstić information content (AvgIpc) is 3.29. The lowest BCUT2D eigenvalue weighted by Crippen LogP contribution is -2.75. The Bertz CT molecular complexity index is 1330. The molecule has 2 heterocycles. The number of hydrogen-bond donors (Lipinski definition) is 5. The molecule has 13 nitrogen and oxygen atoms in total. The molecule has 2 aliphatic carbocycles. The van der Waals surface area contributed by atoms with Crippen LogP contribution < -0.4 is 15.4 Å². The van der Waals surface area contributed by atoms with E-state index >= 15 is 0 Å². The first-order chi connectivity index (χ1) is 19.9. The molecule has 13 heteroatoms. The van der Waals surface area contributed by atoms with Crippen LogP contribution in [0.15, 0.2) is 24.0 Å². The van der Waals surface area contributed by atoms with Crippen molar-refractivity contribution in [2.75, 3.05) is 26.7 Å². The Morgan fingerprint density at radius 1 is 1.07 bits per heavy atom. The summed E-state index contributed by atoms with van der Waals surface area (Å²) in [7, 11) is 1.97. The molecule has 1 fully saturated rings. The van der Waals surface area contributed by atoms with Gasteiger partial charge in [-0.2, -0.15) is 0 Å². The number of likely N-dealkylation sites (N-methyl/N-ethyl adjacent to an activating group) is 1. The van der Waals surface area contributed by atoms with Gasteiger partial charge in [-0.1, -0.05) is 13.5 Å². The summed E-state index contributed by atoms with van der Waals surface area (Å²) in [4.78, 5) is 51.7. The molecule has 2 bridgehead atoms. The van der Waals surface area contributed by atoms with Crippen LogP contribution in [0, 0.1) is 0 Å². The van der Waals surface area contributed by atoms with Gasteiger partial charge in [0.2, 0.25) is 11.8 Å². The molecule has 1 aromatic rings. The minimum absolute atomic E-state index is 0. The van der Waals surface area contributed by atoms with Crippen molar-refractivity contribution in [3.05, 3.63) is 35.1 Å². The number of aromatic hydroxyl groups is 1. The molecule has 0 radical (unpaired) electrons. The number of ether oxygens (including phenoxy) is 3. The lowest BCUT2D eigenvalue weighted by Gasteiger charge is -2.62. The zero-order valence-electron chi connectivity index (χ0n) is 23.8. The van der Waals surface area contributed by atoms with Gasteiger partial charge >= 0.3 is 11.9 Å². The molecule has 4 aliphatic rings. The van der Waals surface area contributed by atoms with Gasteiger partial charge in [-0.3, -0.25) is 24.1 Å². The summed E-state index contributed by atoms with van der Waals surface area (Å²) in [6.45, 7) is 3.24. The van der Waals surface area contributed by atoms with Crippen molar-refractivity contribution in [3.63, 3.8) is 0 Å². The molecule has 5 N–H and O–H groups in total. The van der Waals surface area contributed by atoms with Crippen molar-refractivity contribution in [2.45, 2.75) is 88.7 Å². The first-order valence-corrected chi connectivity index (χ1v) is 14.2. The molecule has 6 atom stereocenters. The Hall–Kier alpha value is -3.68. The minimum atomic E-state index is -1.21. The van der Waals surface area contributed by atoms with E-state index < -0.39 is 53.1 Å². The van der Waals surface area contributed by atoms with E-state index in [1.165, 1.54) is 13.8 Å². The maximum absolute atomic E-state index is 13.3. The summed E-state index contributed by atoms with van der Waals surface area (Å²) in [5.74, 6) is -1.91. The fourth-order valence-corrected chi connectivity index (χ4v) is 6.91. The van der Waals surface area contributed by atoms with Crippen molar-refractivity contribution >= 4 is 23.8 Å². The fraction of sp³-hybridized carbons (Fsp3) is 0.600. The number of amides is 2. The Labute approximate surface area is 250 Å². The van der Waals surface area contributed by atoms with E-state index in [9.17, 15) is 34.5 Å². The quantitative estimate of drug-likeness (QED) is 0.230. The second kappa shape index (κ2) is 12.1. The highest BCUT2D eigenvalue weighted by Gasteiger charge is 2.74. The van der Waals surface area contributed by atoms with Gasteiger partial charge in [0.25, 0.3) is 0 Å². The second-order valence-corrected chi connectivity index (χ2v) is 11.4. The van der Waals surface area contributed by atoms with Gasteiger partial charge in [0.1, 0.15) is 23.6 Å². The maximum Gasteiger partial charge on any atom is 0.312 e. The van der Waals surface area contributed by atoms with Crippen LogP contribution in [-0.2, 0) is 40.5 Å². The first-order valence-electron chi connectivity index (χ1n) is 14.2. The van der Waals surface area contributed by atoms with E-state index in [4.69, 9.17) is 14.2 Å². The standard InChI is InChI=1S/C29H37N3O10.CH4/c1-15(33)26(38)30-11-7-21(36)40-19-6-9-29(42-22(37)8-12-31-27(39)16(2)34)20-14-17-4-5-18(35)24-23(17)28(29,25(19)41-24)10-13-32(20)3;/h4-6,15-16,20,25,33-35H,7-14H2,1-3H3,(H,30,38)(H,31,39);1H4/t15-,16-,20+,25-,28-,29+;/m0./s1. The topological polar surface area (TPSA) is 184 Å². The zero-order chi connectivity index (χ0) is 30.4. The van der Waals surface area contributed by atoms with Crippen LogP contribution in [0.5, 0.6) is 11.5 Å².